The number of likely N-dealkylation sites (tertiary alicyclic amines) is 1. The van der Waals surface area contributed by atoms with Gasteiger partial charge in [0.2, 0.25) is 0 Å². The summed E-state index contributed by atoms with van der Waals surface area (Å²) in [5, 5.41) is 16.5. The molecule has 156 valence electrons. The molecule has 5 nitrogen and oxygen atoms in total. The molecular formula is C24H32N2O3. The molecule has 3 rings (SSSR count). The summed E-state index contributed by atoms with van der Waals surface area (Å²) in [5.41, 5.74) is 1.11. The molecule has 5 heteroatoms. The van der Waals surface area contributed by atoms with Gasteiger partial charge in [0.05, 0.1) is 6.04 Å². The molecule has 2 aliphatic rings. The summed E-state index contributed by atoms with van der Waals surface area (Å²) in [6.07, 6.45) is 10.0. The van der Waals surface area contributed by atoms with E-state index in [0.717, 1.165) is 44.1 Å². The number of amides is 1. The van der Waals surface area contributed by atoms with E-state index < -0.39 is 0 Å². The van der Waals surface area contributed by atoms with Crippen molar-refractivity contribution in [3.05, 3.63) is 53.6 Å². The molecule has 0 spiro atoms. The third-order valence-electron chi connectivity index (χ3n) is 4.95. The van der Waals surface area contributed by atoms with Crippen molar-refractivity contribution in [1.82, 2.24) is 4.90 Å². The number of hydrogen-bond acceptors (Lipinski definition) is 4. The van der Waals surface area contributed by atoms with Crippen molar-refractivity contribution in [2.45, 2.75) is 58.6 Å². The number of ether oxygens (including phenoxy) is 1. The van der Waals surface area contributed by atoms with Crippen LogP contribution in [0.2, 0.25) is 0 Å². The molecule has 0 saturated carbocycles. The molecule has 1 heterocycles. The molecule has 1 aromatic carbocycles. The number of allylic oxidation sites excluding steroid dienone is 1. The van der Waals surface area contributed by atoms with E-state index in [1.54, 1.807) is 6.08 Å². The highest BCUT2D eigenvalue weighted by molar-refractivity contribution is 5.97. The molecule has 1 aromatic rings. The predicted octanol–water partition coefficient (Wildman–Crippen LogP) is 4.55. The van der Waals surface area contributed by atoms with Crippen LogP contribution in [0.1, 0.15) is 58.1 Å². The first-order valence-corrected chi connectivity index (χ1v) is 10.2. The van der Waals surface area contributed by atoms with Crippen LogP contribution in [0.3, 0.4) is 0 Å². The predicted molar refractivity (Wildman–Crippen MR) is 114 cm³/mol. The van der Waals surface area contributed by atoms with Crippen LogP contribution in [0, 0.1) is 16.7 Å². The van der Waals surface area contributed by atoms with Gasteiger partial charge in [-0.3, -0.25) is 4.79 Å². The number of aliphatic hydroxyl groups excluding tert-OH is 1. The van der Waals surface area contributed by atoms with E-state index in [4.69, 9.17) is 9.84 Å². The van der Waals surface area contributed by atoms with E-state index in [1.807, 2.05) is 43.9 Å². The largest absolute Gasteiger partial charge is 0.490 e. The Hall–Kier alpha value is -2.58. The van der Waals surface area contributed by atoms with Gasteiger partial charge in [0.1, 0.15) is 23.5 Å². The minimum absolute atomic E-state index is 0.000489. The van der Waals surface area contributed by atoms with Gasteiger partial charge in [-0.2, -0.15) is 5.26 Å². The number of carbonyl (C=O) groups excluding carboxylic acids is 1. The summed E-state index contributed by atoms with van der Waals surface area (Å²) in [5.74, 6) is 0.687. The Morgan fingerprint density at radius 1 is 1.28 bits per heavy atom. The summed E-state index contributed by atoms with van der Waals surface area (Å²) in [7, 11) is 1.00. The second kappa shape index (κ2) is 10.3. The summed E-state index contributed by atoms with van der Waals surface area (Å²) >= 11 is 0. The van der Waals surface area contributed by atoms with Gasteiger partial charge in [0.15, 0.2) is 0 Å². The van der Waals surface area contributed by atoms with E-state index in [-0.39, 0.29) is 29.0 Å². The highest BCUT2D eigenvalue weighted by Gasteiger charge is 2.32. The van der Waals surface area contributed by atoms with Crippen molar-refractivity contribution in [2.75, 3.05) is 13.7 Å². The van der Waals surface area contributed by atoms with E-state index >= 15 is 0 Å². The Morgan fingerprint density at radius 2 is 1.97 bits per heavy atom. The van der Waals surface area contributed by atoms with Crippen LogP contribution < -0.4 is 4.74 Å². The highest BCUT2D eigenvalue weighted by Crippen LogP contribution is 2.35. The summed E-state index contributed by atoms with van der Waals surface area (Å²) in [4.78, 5) is 14.8. The molecule has 1 saturated heterocycles. The molecule has 1 N–H and O–H groups in total. The zero-order valence-electron chi connectivity index (χ0n) is 17.9. The first-order valence-electron chi connectivity index (χ1n) is 10.2. The molecule has 1 aliphatic carbocycles. The normalized spacial score (nSPS) is 19.5. The summed E-state index contributed by atoms with van der Waals surface area (Å²) < 4.78 is 6.08. The molecule has 1 fully saturated rings. The van der Waals surface area contributed by atoms with E-state index in [0.29, 0.717) is 6.54 Å². The van der Waals surface area contributed by atoms with Crippen molar-refractivity contribution in [2.24, 2.45) is 5.41 Å². The van der Waals surface area contributed by atoms with Crippen LogP contribution >= 0.6 is 0 Å². The third-order valence-corrected chi connectivity index (χ3v) is 4.95. The van der Waals surface area contributed by atoms with Crippen molar-refractivity contribution in [3.63, 3.8) is 0 Å². The van der Waals surface area contributed by atoms with E-state index in [1.165, 1.54) is 0 Å². The average Bonchev–Trinajstić information content (AvgIpc) is 3.38. The fourth-order valence-corrected chi connectivity index (χ4v) is 3.76. The third kappa shape index (κ3) is 6.20. The van der Waals surface area contributed by atoms with Crippen molar-refractivity contribution >= 4 is 5.91 Å². The molecule has 0 bridgehead atoms. The first kappa shape index (κ1) is 22.7. The molecular weight excluding hydrogens is 364 g/mol. The summed E-state index contributed by atoms with van der Waals surface area (Å²) in [6.45, 7) is 6.68. The van der Waals surface area contributed by atoms with Gasteiger partial charge >= 0.3 is 0 Å². The zero-order valence-corrected chi connectivity index (χ0v) is 17.9. The smallest absolute Gasteiger partial charge is 0.264 e. The van der Waals surface area contributed by atoms with Gasteiger partial charge in [-0.05, 0) is 36.0 Å². The molecule has 1 atom stereocenters. The monoisotopic (exact) mass is 396 g/mol. The molecule has 1 aliphatic heterocycles. The number of hydrogen-bond donors (Lipinski definition) is 1. The van der Waals surface area contributed by atoms with Crippen molar-refractivity contribution < 1.29 is 14.6 Å². The second-order valence-electron chi connectivity index (χ2n) is 8.45. The Kier molecular flexibility index (Phi) is 8.04. The number of nitriles is 1. The van der Waals surface area contributed by atoms with Crippen LogP contribution in [0.4, 0.5) is 0 Å². The van der Waals surface area contributed by atoms with Crippen LogP contribution in [0.25, 0.3) is 0 Å². The Balaban J connectivity index is 0.00000145. The summed E-state index contributed by atoms with van der Waals surface area (Å²) in [6, 6.07) is 10.2. The topological polar surface area (TPSA) is 73.6 Å². The Bertz CT molecular complexity index is 791. The molecule has 29 heavy (non-hydrogen) atoms. The lowest BCUT2D eigenvalue weighted by Crippen LogP contribution is -2.32. The molecule has 1 amide bonds. The van der Waals surface area contributed by atoms with Crippen LogP contribution in [0.5, 0.6) is 5.75 Å². The van der Waals surface area contributed by atoms with Crippen LogP contribution in [-0.2, 0) is 4.79 Å². The standard InChI is InChI=1S/C23H28N2O2.CH4O/c1-23(2,3)15-18(16-24)22(26)25-13-7-12-21(25)17-8-6-11-20(14-17)27-19-9-4-5-10-19;1-2/h4-6,8,11,14-15,19,21H,7,9-10,12-13H2,1-3H3;2H,1H3/b18-15+;. The van der Waals surface area contributed by atoms with Gasteiger partial charge in [0.25, 0.3) is 5.91 Å². The van der Waals surface area contributed by atoms with Gasteiger partial charge in [-0.1, -0.05) is 51.1 Å². The van der Waals surface area contributed by atoms with Gasteiger partial charge < -0.3 is 14.7 Å². The maximum atomic E-state index is 13.0. The van der Waals surface area contributed by atoms with Gasteiger partial charge in [-0.25, -0.2) is 0 Å². The molecule has 1 unspecified atom stereocenters. The van der Waals surface area contributed by atoms with E-state index in [9.17, 15) is 10.1 Å². The maximum absolute atomic E-state index is 13.0. The van der Waals surface area contributed by atoms with Crippen molar-refractivity contribution in [3.8, 4) is 11.8 Å². The lowest BCUT2D eigenvalue weighted by molar-refractivity contribution is -0.127. The number of benzene rings is 1. The quantitative estimate of drug-likeness (QED) is 0.460. The zero-order chi connectivity index (χ0) is 21.4. The molecule has 0 radical (unpaired) electrons. The van der Waals surface area contributed by atoms with Crippen molar-refractivity contribution in [1.29, 1.82) is 5.26 Å². The number of rotatable bonds is 4. The first-order chi connectivity index (χ1) is 13.9. The Labute approximate surface area is 174 Å². The lowest BCUT2D eigenvalue weighted by atomic mass is 9.93. The maximum Gasteiger partial charge on any atom is 0.264 e. The average molecular weight is 397 g/mol. The van der Waals surface area contributed by atoms with E-state index in [2.05, 4.69) is 24.3 Å². The second-order valence-corrected chi connectivity index (χ2v) is 8.45. The number of carbonyl (C=O) groups is 1. The molecule has 0 aromatic heterocycles. The van der Waals surface area contributed by atoms with Gasteiger partial charge in [-0.15, -0.1) is 0 Å². The highest BCUT2D eigenvalue weighted by atomic mass is 16.5. The SMILES string of the molecule is CC(C)(C)/C=C(\C#N)C(=O)N1CCCC1c1cccc(OC2CC=CC2)c1.CO. The van der Waals surface area contributed by atoms with Crippen LogP contribution in [-0.4, -0.2) is 35.7 Å². The minimum Gasteiger partial charge on any atom is -0.490 e. The van der Waals surface area contributed by atoms with Crippen LogP contribution in [0.15, 0.2) is 48.1 Å². The minimum atomic E-state index is -0.209. The fourth-order valence-electron chi connectivity index (χ4n) is 3.76. The Morgan fingerprint density at radius 3 is 2.59 bits per heavy atom. The fraction of sp³-hybridized carbons (Fsp3) is 0.500. The number of aliphatic hydroxyl groups is 1. The van der Waals surface area contributed by atoms with Gasteiger partial charge in [0, 0.05) is 26.5 Å². The lowest BCUT2D eigenvalue weighted by Gasteiger charge is -2.26. The number of nitrogens with zero attached hydrogens (tertiary/aromatic N) is 2.